The van der Waals surface area contributed by atoms with Gasteiger partial charge in [-0.2, -0.15) is 5.10 Å². The molecule has 0 fully saturated rings. The predicted molar refractivity (Wildman–Crippen MR) is 97.0 cm³/mol. The second-order valence-electron chi connectivity index (χ2n) is 5.51. The largest absolute Gasteiger partial charge is 0.495 e. The first-order chi connectivity index (χ1) is 12.5. The molecule has 0 atom stereocenters. The third-order valence-corrected chi connectivity index (χ3v) is 4.08. The van der Waals surface area contributed by atoms with Crippen LogP contribution < -0.4 is 21.2 Å². The lowest BCUT2D eigenvalue weighted by Crippen LogP contribution is -2.29. The minimum atomic E-state index is -0.438. The fourth-order valence-electron chi connectivity index (χ4n) is 2.47. The molecule has 2 aromatic heterocycles. The molecule has 0 saturated carbocycles. The maximum atomic E-state index is 12.2. The summed E-state index contributed by atoms with van der Waals surface area (Å²) >= 11 is 6.06. The highest BCUT2D eigenvalue weighted by Gasteiger charge is 2.10. The molecule has 26 heavy (non-hydrogen) atoms. The highest BCUT2D eigenvalue weighted by atomic mass is 35.5. The van der Waals surface area contributed by atoms with Crippen LogP contribution >= 0.6 is 11.6 Å². The molecule has 0 radical (unpaired) electrons. The van der Waals surface area contributed by atoms with Crippen LogP contribution in [0.3, 0.4) is 0 Å². The quantitative estimate of drug-likeness (QED) is 0.621. The molecule has 0 aliphatic carbocycles. The van der Waals surface area contributed by atoms with E-state index in [1.54, 1.807) is 18.2 Å². The van der Waals surface area contributed by atoms with Gasteiger partial charge in [-0.15, -0.1) is 0 Å². The Bertz CT molecular complexity index is 1070. The fourth-order valence-corrected chi connectivity index (χ4v) is 2.71. The number of pyridine rings is 1. The minimum Gasteiger partial charge on any atom is -0.495 e. The van der Waals surface area contributed by atoms with Crippen molar-refractivity contribution in [1.82, 2.24) is 20.5 Å². The van der Waals surface area contributed by atoms with Crippen molar-refractivity contribution in [2.75, 3.05) is 13.7 Å². The van der Waals surface area contributed by atoms with Gasteiger partial charge in [0.1, 0.15) is 11.4 Å². The molecule has 0 bridgehead atoms. The molecule has 1 aromatic carbocycles. The molecule has 3 rings (SSSR count). The van der Waals surface area contributed by atoms with Crippen molar-refractivity contribution in [2.45, 2.75) is 6.42 Å². The van der Waals surface area contributed by atoms with Crippen LogP contribution in [0.5, 0.6) is 5.75 Å². The topological polar surface area (TPSA) is 117 Å². The maximum absolute atomic E-state index is 12.2. The lowest BCUT2D eigenvalue weighted by Gasteiger charge is -2.08. The van der Waals surface area contributed by atoms with E-state index in [1.165, 1.54) is 19.2 Å². The zero-order chi connectivity index (χ0) is 18.7. The smallest absolute Gasteiger partial charge is 0.271 e. The molecule has 1 amide bonds. The van der Waals surface area contributed by atoms with E-state index in [0.717, 1.165) is 5.39 Å². The molecular weight excluding hydrogens is 360 g/mol. The van der Waals surface area contributed by atoms with Gasteiger partial charge in [0.15, 0.2) is 0 Å². The number of rotatable bonds is 5. The van der Waals surface area contributed by atoms with Crippen LogP contribution in [0.2, 0.25) is 5.02 Å². The average Bonchev–Trinajstić information content (AvgIpc) is 2.62. The molecule has 0 saturated heterocycles. The Morgan fingerprint density at radius 1 is 1.27 bits per heavy atom. The number of methoxy groups -OCH3 is 1. The van der Waals surface area contributed by atoms with Gasteiger partial charge >= 0.3 is 0 Å². The van der Waals surface area contributed by atoms with E-state index in [0.29, 0.717) is 28.3 Å². The number of fused-ring (bicyclic) bond motifs is 1. The fraction of sp³-hybridized carbons (Fsp3) is 0.176. The summed E-state index contributed by atoms with van der Waals surface area (Å²) < 4.78 is 5.18. The molecule has 0 aliphatic rings. The highest BCUT2D eigenvalue weighted by molar-refractivity contribution is 6.32. The first-order valence-electron chi connectivity index (χ1n) is 7.71. The Morgan fingerprint density at radius 3 is 2.77 bits per heavy atom. The van der Waals surface area contributed by atoms with Crippen molar-refractivity contribution in [3.8, 4) is 5.75 Å². The van der Waals surface area contributed by atoms with Crippen molar-refractivity contribution >= 4 is 28.4 Å². The number of ether oxygens (including phenoxy) is 1. The summed E-state index contributed by atoms with van der Waals surface area (Å²) in [6.07, 6.45) is 0.325. The van der Waals surface area contributed by atoms with E-state index >= 15 is 0 Å². The summed E-state index contributed by atoms with van der Waals surface area (Å²) in [6, 6.07) is 7.64. The van der Waals surface area contributed by atoms with Crippen molar-refractivity contribution in [3.63, 3.8) is 0 Å². The Hall–Kier alpha value is -3.13. The van der Waals surface area contributed by atoms with Crippen molar-refractivity contribution in [3.05, 3.63) is 67.3 Å². The van der Waals surface area contributed by atoms with Crippen LogP contribution in [-0.4, -0.2) is 34.7 Å². The Kier molecular flexibility index (Phi) is 5.04. The molecule has 0 spiro atoms. The van der Waals surface area contributed by atoms with Gasteiger partial charge in [-0.1, -0.05) is 11.6 Å². The van der Waals surface area contributed by atoms with Gasteiger partial charge in [0, 0.05) is 23.6 Å². The van der Waals surface area contributed by atoms with Gasteiger partial charge < -0.3 is 15.0 Å². The zero-order valence-corrected chi connectivity index (χ0v) is 14.5. The number of aromatic amines is 2. The molecular formula is C17H15ClN4O4. The van der Waals surface area contributed by atoms with Crippen molar-refractivity contribution < 1.29 is 9.53 Å². The highest BCUT2D eigenvalue weighted by Crippen LogP contribution is 2.28. The molecule has 9 heteroatoms. The third-order valence-electron chi connectivity index (χ3n) is 3.79. The number of halogens is 1. The normalized spacial score (nSPS) is 10.7. The lowest BCUT2D eigenvalue weighted by molar-refractivity contribution is 0.0948. The van der Waals surface area contributed by atoms with Gasteiger partial charge in [-0.3, -0.25) is 14.4 Å². The molecule has 134 valence electrons. The van der Waals surface area contributed by atoms with Crippen molar-refractivity contribution in [1.29, 1.82) is 0 Å². The van der Waals surface area contributed by atoms with E-state index in [9.17, 15) is 14.4 Å². The zero-order valence-electron chi connectivity index (χ0n) is 13.8. The molecule has 0 aliphatic heterocycles. The van der Waals surface area contributed by atoms with Crippen LogP contribution in [0, 0.1) is 0 Å². The summed E-state index contributed by atoms with van der Waals surface area (Å²) in [4.78, 5) is 37.9. The van der Waals surface area contributed by atoms with Crippen molar-refractivity contribution in [2.24, 2.45) is 0 Å². The first kappa shape index (κ1) is 17.7. The van der Waals surface area contributed by atoms with E-state index in [1.807, 2.05) is 0 Å². The monoisotopic (exact) mass is 374 g/mol. The van der Waals surface area contributed by atoms with Crippen LogP contribution in [-0.2, 0) is 6.42 Å². The van der Waals surface area contributed by atoms with Gasteiger partial charge in [-0.25, -0.2) is 5.10 Å². The Labute approximate surface area is 152 Å². The number of H-pyrrole nitrogens is 2. The van der Waals surface area contributed by atoms with Crippen LogP contribution in [0.1, 0.15) is 16.1 Å². The number of benzene rings is 1. The van der Waals surface area contributed by atoms with Gasteiger partial charge in [0.2, 0.25) is 0 Å². The number of amides is 1. The molecule has 2 heterocycles. The SMILES string of the molecule is COc1cc2cc(CCNC(=O)c3ccc(=O)[nH]n3)c(=O)[nH]c2cc1Cl. The molecule has 8 nitrogen and oxygen atoms in total. The van der Waals surface area contributed by atoms with E-state index in [4.69, 9.17) is 16.3 Å². The number of hydrogen-bond acceptors (Lipinski definition) is 5. The second-order valence-corrected chi connectivity index (χ2v) is 5.92. The van der Waals surface area contributed by atoms with Gasteiger partial charge in [0.05, 0.1) is 17.6 Å². The minimum absolute atomic E-state index is 0.0939. The van der Waals surface area contributed by atoms with E-state index in [-0.39, 0.29) is 23.4 Å². The predicted octanol–water partition coefficient (Wildman–Crippen LogP) is 1.25. The number of aromatic nitrogens is 3. The summed E-state index contributed by atoms with van der Waals surface area (Å²) in [5, 5.41) is 9.67. The second kappa shape index (κ2) is 7.40. The summed E-state index contributed by atoms with van der Waals surface area (Å²) in [7, 11) is 1.51. The number of hydrogen-bond donors (Lipinski definition) is 3. The molecule has 3 aromatic rings. The number of carbonyl (C=O) groups excluding carboxylic acids is 1. The first-order valence-corrected chi connectivity index (χ1v) is 8.09. The summed E-state index contributed by atoms with van der Waals surface area (Å²) in [5.41, 5.74) is 0.564. The van der Waals surface area contributed by atoms with Crippen LogP contribution in [0.25, 0.3) is 10.9 Å². The van der Waals surface area contributed by atoms with E-state index < -0.39 is 5.91 Å². The van der Waals surface area contributed by atoms with Crippen LogP contribution in [0.15, 0.2) is 39.9 Å². The summed E-state index contributed by atoms with van der Waals surface area (Å²) in [6.45, 7) is 0.235. The lowest BCUT2D eigenvalue weighted by atomic mass is 10.1. The molecule has 3 N–H and O–H groups in total. The Morgan fingerprint density at radius 2 is 2.08 bits per heavy atom. The number of nitrogens with one attached hydrogen (secondary N) is 3. The maximum Gasteiger partial charge on any atom is 0.271 e. The van der Waals surface area contributed by atoms with E-state index in [2.05, 4.69) is 20.5 Å². The standard InChI is InChI=1S/C17H15ClN4O4/c1-26-14-7-10-6-9(16(24)20-13(10)8-11(14)18)4-5-19-17(25)12-2-3-15(23)22-21-12/h2-3,6-8H,4-5H2,1H3,(H,19,25)(H,20,24)(H,22,23). The average molecular weight is 375 g/mol. The number of carbonyl (C=O) groups is 1. The third kappa shape index (κ3) is 3.75. The van der Waals surface area contributed by atoms with Crippen LogP contribution in [0.4, 0.5) is 0 Å². The number of nitrogens with zero attached hydrogens (tertiary/aromatic N) is 1. The summed E-state index contributed by atoms with van der Waals surface area (Å²) in [5.74, 6) is 0.0709. The van der Waals surface area contributed by atoms with Gasteiger partial charge in [0.25, 0.3) is 17.0 Å². The Balaban J connectivity index is 1.74. The molecule has 0 unspecified atom stereocenters. The van der Waals surface area contributed by atoms with Gasteiger partial charge in [-0.05, 0) is 30.7 Å².